The number of nitrogens with one attached hydrogen (secondary N) is 1. The van der Waals surface area contributed by atoms with E-state index in [1.54, 1.807) is 7.11 Å². The molecule has 2 atom stereocenters. The van der Waals surface area contributed by atoms with Gasteiger partial charge < -0.3 is 19.7 Å². The van der Waals surface area contributed by atoms with Crippen molar-refractivity contribution in [2.75, 3.05) is 25.1 Å². The highest BCUT2D eigenvalue weighted by Gasteiger charge is 2.26. The highest BCUT2D eigenvalue weighted by Crippen LogP contribution is 2.38. The van der Waals surface area contributed by atoms with Crippen molar-refractivity contribution in [3.05, 3.63) is 83.9 Å². The molecule has 0 aromatic heterocycles. The molecule has 1 N–H and O–H groups in total. The maximum Gasteiger partial charge on any atom is 0.143 e. The Morgan fingerprint density at radius 1 is 1.07 bits per heavy atom. The summed E-state index contributed by atoms with van der Waals surface area (Å²) >= 11 is 0. The second kappa shape index (κ2) is 8.58. The standard InChI is InChI=1S/C25H28N2O2/c1-18-11-13-21(14-12-18)27-17-23(29-25-10-5-4-9-24(25)27)16-26-19(2)20-7-6-8-22(15-20)28-3/h4-15,19,23,26H,16-17H2,1-3H3/t19-,23?/m1/s1. The van der Waals surface area contributed by atoms with Crippen molar-refractivity contribution < 1.29 is 9.47 Å². The molecule has 3 aromatic carbocycles. The Morgan fingerprint density at radius 2 is 1.86 bits per heavy atom. The van der Waals surface area contributed by atoms with Crippen LogP contribution in [0.2, 0.25) is 0 Å². The van der Waals surface area contributed by atoms with Crippen molar-refractivity contribution in [1.29, 1.82) is 0 Å². The fraction of sp³-hybridized carbons (Fsp3) is 0.280. The van der Waals surface area contributed by atoms with Gasteiger partial charge in [0, 0.05) is 18.3 Å². The number of rotatable bonds is 6. The monoisotopic (exact) mass is 388 g/mol. The summed E-state index contributed by atoms with van der Waals surface area (Å²) in [6, 6.07) is 25.3. The highest BCUT2D eigenvalue weighted by molar-refractivity contribution is 5.70. The van der Waals surface area contributed by atoms with Gasteiger partial charge in [-0.1, -0.05) is 42.0 Å². The summed E-state index contributed by atoms with van der Waals surface area (Å²) < 4.78 is 11.7. The third kappa shape index (κ3) is 4.38. The minimum Gasteiger partial charge on any atom is -0.497 e. The van der Waals surface area contributed by atoms with E-state index >= 15 is 0 Å². The van der Waals surface area contributed by atoms with Crippen molar-refractivity contribution in [2.24, 2.45) is 0 Å². The van der Waals surface area contributed by atoms with Crippen LogP contribution >= 0.6 is 0 Å². The quantitative estimate of drug-likeness (QED) is 0.625. The third-order valence-corrected chi connectivity index (χ3v) is 5.43. The molecule has 0 radical (unpaired) electrons. The summed E-state index contributed by atoms with van der Waals surface area (Å²) in [5, 5.41) is 3.62. The van der Waals surface area contributed by atoms with Crippen LogP contribution in [0.1, 0.15) is 24.1 Å². The summed E-state index contributed by atoms with van der Waals surface area (Å²) in [4.78, 5) is 2.35. The SMILES string of the molecule is COc1cccc([C@@H](C)NCC2CN(c3ccc(C)cc3)c3ccccc3O2)c1. The molecule has 150 valence electrons. The van der Waals surface area contributed by atoms with Gasteiger partial charge in [0.1, 0.15) is 17.6 Å². The molecular weight excluding hydrogens is 360 g/mol. The summed E-state index contributed by atoms with van der Waals surface area (Å²) in [6.45, 7) is 5.85. The van der Waals surface area contributed by atoms with Gasteiger partial charge >= 0.3 is 0 Å². The van der Waals surface area contributed by atoms with E-state index in [0.29, 0.717) is 0 Å². The first-order chi connectivity index (χ1) is 14.1. The summed E-state index contributed by atoms with van der Waals surface area (Å²) in [5.41, 5.74) is 4.78. The van der Waals surface area contributed by atoms with E-state index in [1.165, 1.54) is 16.8 Å². The topological polar surface area (TPSA) is 33.7 Å². The molecule has 0 fully saturated rings. The smallest absolute Gasteiger partial charge is 0.143 e. The Bertz CT molecular complexity index is 955. The van der Waals surface area contributed by atoms with Crippen molar-refractivity contribution in [1.82, 2.24) is 5.32 Å². The zero-order chi connectivity index (χ0) is 20.2. The fourth-order valence-electron chi connectivity index (χ4n) is 3.71. The molecule has 1 aliphatic heterocycles. The number of hydrogen-bond acceptors (Lipinski definition) is 4. The number of nitrogens with zero attached hydrogens (tertiary/aromatic N) is 1. The summed E-state index contributed by atoms with van der Waals surface area (Å²) in [7, 11) is 1.70. The van der Waals surface area contributed by atoms with Crippen LogP contribution in [0.15, 0.2) is 72.8 Å². The Morgan fingerprint density at radius 3 is 2.66 bits per heavy atom. The van der Waals surface area contributed by atoms with Crippen LogP contribution in [-0.2, 0) is 0 Å². The lowest BCUT2D eigenvalue weighted by molar-refractivity contribution is 0.190. The number of hydrogen-bond donors (Lipinski definition) is 1. The maximum absolute atomic E-state index is 6.31. The van der Waals surface area contributed by atoms with Crippen molar-refractivity contribution in [2.45, 2.75) is 26.0 Å². The minimum atomic E-state index is 0.0549. The zero-order valence-corrected chi connectivity index (χ0v) is 17.3. The number of para-hydroxylation sites is 2. The second-order valence-electron chi connectivity index (χ2n) is 7.56. The Balaban J connectivity index is 1.49. The second-order valence-corrected chi connectivity index (χ2v) is 7.56. The van der Waals surface area contributed by atoms with E-state index in [2.05, 4.69) is 72.6 Å². The molecule has 4 nitrogen and oxygen atoms in total. The lowest BCUT2D eigenvalue weighted by Gasteiger charge is -2.37. The number of methoxy groups -OCH3 is 1. The molecule has 0 saturated carbocycles. The number of benzene rings is 3. The van der Waals surface area contributed by atoms with Crippen LogP contribution in [0, 0.1) is 6.92 Å². The highest BCUT2D eigenvalue weighted by atomic mass is 16.5. The number of fused-ring (bicyclic) bond motifs is 1. The van der Waals surface area contributed by atoms with Crippen LogP contribution in [0.3, 0.4) is 0 Å². The van der Waals surface area contributed by atoms with E-state index in [9.17, 15) is 0 Å². The summed E-state index contributed by atoms with van der Waals surface area (Å²) in [5.74, 6) is 1.81. The van der Waals surface area contributed by atoms with E-state index in [-0.39, 0.29) is 12.1 Å². The minimum absolute atomic E-state index is 0.0549. The molecule has 0 amide bonds. The molecule has 1 heterocycles. The molecule has 29 heavy (non-hydrogen) atoms. The van der Waals surface area contributed by atoms with Crippen LogP contribution in [0.4, 0.5) is 11.4 Å². The molecule has 0 spiro atoms. The Hall–Kier alpha value is -2.98. The first-order valence-electron chi connectivity index (χ1n) is 10.1. The molecule has 0 saturated heterocycles. The maximum atomic E-state index is 6.31. The molecule has 3 aromatic rings. The van der Waals surface area contributed by atoms with Crippen LogP contribution in [0.5, 0.6) is 11.5 Å². The van der Waals surface area contributed by atoms with E-state index in [4.69, 9.17) is 9.47 Å². The predicted molar refractivity (Wildman–Crippen MR) is 118 cm³/mol. The van der Waals surface area contributed by atoms with Crippen LogP contribution in [-0.4, -0.2) is 26.3 Å². The largest absolute Gasteiger partial charge is 0.497 e. The van der Waals surface area contributed by atoms with Gasteiger partial charge in [-0.15, -0.1) is 0 Å². The lowest BCUT2D eigenvalue weighted by atomic mass is 10.1. The van der Waals surface area contributed by atoms with E-state index in [1.807, 2.05) is 24.3 Å². The molecule has 1 unspecified atom stereocenters. The van der Waals surface area contributed by atoms with Gasteiger partial charge in [-0.05, 0) is 55.8 Å². The van der Waals surface area contributed by atoms with Gasteiger partial charge in [-0.2, -0.15) is 0 Å². The van der Waals surface area contributed by atoms with Gasteiger partial charge in [0.15, 0.2) is 0 Å². The van der Waals surface area contributed by atoms with Gasteiger partial charge in [-0.3, -0.25) is 0 Å². The first kappa shape index (κ1) is 19.3. The van der Waals surface area contributed by atoms with Crippen molar-refractivity contribution in [3.8, 4) is 11.5 Å². The van der Waals surface area contributed by atoms with E-state index in [0.717, 1.165) is 30.3 Å². The number of ether oxygens (including phenoxy) is 2. The van der Waals surface area contributed by atoms with Crippen molar-refractivity contribution >= 4 is 11.4 Å². The van der Waals surface area contributed by atoms with E-state index < -0.39 is 0 Å². The number of anilines is 2. The van der Waals surface area contributed by atoms with Gasteiger partial charge in [0.05, 0.1) is 19.3 Å². The molecule has 0 bridgehead atoms. The lowest BCUT2D eigenvalue weighted by Crippen LogP contribution is -2.43. The summed E-state index contributed by atoms with van der Waals surface area (Å²) in [6.07, 6.45) is 0.0549. The zero-order valence-electron chi connectivity index (χ0n) is 17.3. The molecule has 4 rings (SSSR count). The predicted octanol–water partition coefficient (Wildman–Crippen LogP) is 5.25. The molecular formula is C25H28N2O2. The first-order valence-corrected chi connectivity index (χ1v) is 10.1. The Labute approximate surface area is 173 Å². The van der Waals surface area contributed by atoms with Crippen LogP contribution < -0.4 is 19.7 Å². The van der Waals surface area contributed by atoms with Gasteiger partial charge in [0.25, 0.3) is 0 Å². The molecule has 1 aliphatic rings. The number of aryl methyl sites for hydroxylation is 1. The van der Waals surface area contributed by atoms with Crippen molar-refractivity contribution in [3.63, 3.8) is 0 Å². The molecule has 0 aliphatic carbocycles. The van der Waals surface area contributed by atoms with Gasteiger partial charge in [-0.25, -0.2) is 0 Å². The third-order valence-electron chi connectivity index (χ3n) is 5.43. The fourth-order valence-corrected chi connectivity index (χ4v) is 3.71. The van der Waals surface area contributed by atoms with Crippen LogP contribution in [0.25, 0.3) is 0 Å². The average molecular weight is 389 g/mol. The van der Waals surface area contributed by atoms with Gasteiger partial charge in [0.2, 0.25) is 0 Å². The molecule has 4 heteroatoms. The normalized spacial score (nSPS) is 16.7. The Kier molecular flexibility index (Phi) is 5.72. The average Bonchev–Trinajstić information content (AvgIpc) is 2.77.